The second-order valence-electron chi connectivity index (χ2n) is 4.46. The number of methoxy groups -OCH3 is 1. The van der Waals surface area contributed by atoms with Crippen LogP contribution in [0.5, 0.6) is 0 Å². The van der Waals surface area contributed by atoms with Gasteiger partial charge in [0.1, 0.15) is 0 Å². The van der Waals surface area contributed by atoms with Crippen LogP contribution in [0, 0.1) is 0 Å². The molecule has 1 aromatic rings. The van der Waals surface area contributed by atoms with E-state index < -0.39 is 0 Å². The Morgan fingerprint density at radius 2 is 1.95 bits per heavy atom. The summed E-state index contributed by atoms with van der Waals surface area (Å²) in [5.74, 6) is -0.246. The van der Waals surface area contributed by atoms with E-state index >= 15 is 0 Å². The molecule has 0 spiro atoms. The van der Waals surface area contributed by atoms with Gasteiger partial charge in [-0.25, -0.2) is 4.79 Å². The topological polar surface area (TPSA) is 87.7 Å². The standard InChI is InChI=1S/C14H20N2O4/c1-10(9-17)15-14(19)16-12-6-3-11(4-7-12)5-8-13(18)20-2/h3-4,6-7,10,17H,5,8-9H2,1-2H3,(H2,15,16,19). The molecule has 0 radical (unpaired) electrons. The van der Waals surface area contributed by atoms with Crippen LogP contribution >= 0.6 is 0 Å². The van der Waals surface area contributed by atoms with Gasteiger partial charge in [-0.3, -0.25) is 4.79 Å². The van der Waals surface area contributed by atoms with E-state index in [9.17, 15) is 9.59 Å². The summed E-state index contributed by atoms with van der Waals surface area (Å²) >= 11 is 0. The number of hydrogen-bond donors (Lipinski definition) is 3. The lowest BCUT2D eigenvalue weighted by Gasteiger charge is -2.12. The number of nitrogens with one attached hydrogen (secondary N) is 2. The van der Waals surface area contributed by atoms with Gasteiger partial charge in [0.15, 0.2) is 0 Å². The number of benzene rings is 1. The lowest BCUT2D eigenvalue weighted by molar-refractivity contribution is -0.140. The molecule has 110 valence electrons. The third kappa shape index (κ3) is 5.71. The molecule has 1 aromatic carbocycles. The number of esters is 1. The first-order chi connectivity index (χ1) is 9.55. The molecule has 0 bridgehead atoms. The van der Waals surface area contributed by atoms with Crippen molar-refractivity contribution in [2.24, 2.45) is 0 Å². The van der Waals surface area contributed by atoms with Crippen LogP contribution in [-0.2, 0) is 16.0 Å². The normalized spacial score (nSPS) is 11.6. The average molecular weight is 280 g/mol. The molecule has 6 nitrogen and oxygen atoms in total. The summed E-state index contributed by atoms with van der Waals surface area (Å²) in [5.41, 5.74) is 1.64. The van der Waals surface area contributed by atoms with Gasteiger partial charge >= 0.3 is 12.0 Å². The zero-order valence-corrected chi connectivity index (χ0v) is 11.7. The summed E-state index contributed by atoms with van der Waals surface area (Å²) in [7, 11) is 1.36. The van der Waals surface area contributed by atoms with Crippen molar-refractivity contribution in [2.45, 2.75) is 25.8 Å². The molecule has 0 aromatic heterocycles. The molecule has 0 saturated heterocycles. The van der Waals surface area contributed by atoms with E-state index in [2.05, 4.69) is 15.4 Å². The zero-order chi connectivity index (χ0) is 15.0. The molecule has 0 saturated carbocycles. The SMILES string of the molecule is COC(=O)CCc1ccc(NC(=O)NC(C)CO)cc1. The zero-order valence-electron chi connectivity index (χ0n) is 11.7. The second-order valence-corrected chi connectivity index (χ2v) is 4.46. The highest BCUT2D eigenvalue weighted by Gasteiger charge is 2.06. The van der Waals surface area contributed by atoms with Crippen molar-refractivity contribution < 1.29 is 19.4 Å². The molecule has 0 aliphatic heterocycles. The molecule has 0 fully saturated rings. The van der Waals surface area contributed by atoms with Gasteiger partial charge in [-0.15, -0.1) is 0 Å². The maximum absolute atomic E-state index is 11.5. The van der Waals surface area contributed by atoms with Crippen LogP contribution in [0.25, 0.3) is 0 Å². The van der Waals surface area contributed by atoms with E-state index in [4.69, 9.17) is 5.11 Å². The molecule has 2 amide bonds. The first kappa shape index (κ1) is 16.0. The number of amides is 2. The average Bonchev–Trinajstić information content (AvgIpc) is 2.45. The Kier molecular flexibility index (Phi) is 6.52. The third-order valence-electron chi connectivity index (χ3n) is 2.71. The fourth-order valence-corrected chi connectivity index (χ4v) is 1.54. The lowest BCUT2D eigenvalue weighted by atomic mass is 10.1. The maximum atomic E-state index is 11.5. The predicted molar refractivity (Wildman–Crippen MR) is 75.5 cm³/mol. The van der Waals surface area contributed by atoms with Gasteiger partial charge in [-0.05, 0) is 31.0 Å². The van der Waals surface area contributed by atoms with Crippen molar-refractivity contribution in [1.82, 2.24) is 5.32 Å². The van der Waals surface area contributed by atoms with E-state index in [0.29, 0.717) is 18.5 Å². The molecule has 0 heterocycles. The Hall–Kier alpha value is -2.08. The van der Waals surface area contributed by atoms with E-state index in [0.717, 1.165) is 5.56 Å². The smallest absolute Gasteiger partial charge is 0.319 e. The minimum Gasteiger partial charge on any atom is -0.469 e. The highest BCUT2D eigenvalue weighted by atomic mass is 16.5. The van der Waals surface area contributed by atoms with E-state index in [1.54, 1.807) is 19.1 Å². The van der Waals surface area contributed by atoms with Crippen molar-refractivity contribution in [3.8, 4) is 0 Å². The molecule has 1 atom stereocenters. The molecular formula is C14H20N2O4. The first-order valence-corrected chi connectivity index (χ1v) is 6.39. The molecule has 1 unspecified atom stereocenters. The highest BCUT2D eigenvalue weighted by molar-refractivity contribution is 5.89. The Balaban J connectivity index is 2.46. The highest BCUT2D eigenvalue weighted by Crippen LogP contribution is 2.11. The Morgan fingerprint density at radius 3 is 2.50 bits per heavy atom. The summed E-state index contributed by atoms with van der Waals surface area (Å²) in [6.45, 7) is 1.59. The van der Waals surface area contributed by atoms with Gasteiger partial charge in [-0.1, -0.05) is 12.1 Å². The summed E-state index contributed by atoms with van der Waals surface area (Å²) in [5, 5.41) is 14.1. The number of urea groups is 1. The lowest BCUT2D eigenvalue weighted by Crippen LogP contribution is -2.38. The fourth-order valence-electron chi connectivity index (χ4n) is 1.54. The van der Waals surface area contributed by atoms with Crippen molar-refractivity contribution in [3.63, 3.8) is 0 Å². The first-order valence-electron chi connectivity index (χ1n) is 6.39. The minimum atomic E-state index is -0.367. The minimum absolute atomic E-state index is 0.111. The monoisotopic (exact) mass is 280 g/mol. The fraction of sp³-hybridized carbons (Fsp3) is 0.429. The summed E-state index contributed by atoms with van der Waals surface area (Å²) in [4.78, 5) is 22.5. The molecular weight excluding hydrogens is 260 g/mol. The van der Waals surface area contributed by atoms with Crippen LogP contribution in [-0.4, -0.2) is 36.9 Å². The maximum Gasteiger partial charge on any atom is 0.319 e. The Bertz CT molecular complexity index is 445. The van der Waals surface area contributed by atoms with Gasteiger partial charge in [0.2, 0.25) is 0 Å². The number of aryl methyl sites for hydroxylation is 1. The number of aliphatic hydroxyl groups is 1. The van der Waals surface area contributed by atoms with Crippen molar-refractivity contribution >= 4 is 17.7 Å². The number of carbonyl (C=O) groups is 2. The van der Waals surface area contributed by atoms with Crippen LogP contribution in [0.2, 0.25) is 0 Å². The van der Waals surface area contributed by atoms with E-state index in [1.807, 2.05) is 12.1 Å². The number of hydrogen-bond acceptors (Lipinski definition) is 4. The quantitative estimate of drug-likeness (QED) is 0.685. The second kappa shape index (κ2) is 8.16. The summed E-state index contributed by atoms with van der Waals surface area (Å²) in [6.07, 6.45) is 0.929. The van der Waals surface area contributed by atoms with Gasteiger partial charge in [0, 0.05) is 12.1 Å². The Morgan fingerprint density at radius 1 is 1.30 bits per heavy atom. The molecule has 6 heteroatoms. The summed E-state index contributed by atoms with van der Waals surface area (Å²) in [6, 6.07) is 6.54. The number of ether oxygens (including phenoxy) is 1. The van der Waals surface area contributed by atoms with Gasteiger partial charge in [0.05, 0.1) is 19.8 Å². The number of rotatable bonds is 6. The summed E-state index contributed by atoms with van der Waals surface area (Å²) < 4.78 is 4.57. The van der Waals surface area contributed by atoms with Crippen molar-refractivity contribution in [3.05, 3.63) is 29.8 Å². The van der Waals surface area contributed by atoms with Crippen molar-refractivity contribution in [1.29, 1.82) is 0 Å². The molecule has 0 aliphatic rings. The van der Waals surface area contributed by atoms with Gasteiger partial charge in [-0.2, -0.15) is 0 Å². The van der Waals surface area contributed by atoms with Gasteiger partial charge in [0.25, 0.3) is 0 Å². The van der Waals surface area contributed by atoms with E-state index in [-0.39, 0.29) is 24.6 Å². The predicted octanol–water partition coefficient (Wildman–Crippen LogP) is 1.29. The largest absolute Gasteiger partial charge is 0.469 e. The van der Waals surface area contributed by atoms with Crippen LogP contribution in [0.1, 0.15) is 18.9 Å². The number of carbonyl (C=O) groups excluding carboxylic acids is 2. The number of aliphatic hydroxyl groups excluding tert-OH is 1. The van der Waals surface area contributed by atoms with Crippen LogP contribution < -0.4 is 10.6 Å². The Labute approximate surface area is 118 Å². The van der Waals surface area contributed by atoms with Crippen LogP contribution in [0.15, 0.2) is 24.3 Å². The van der Waals surface area contributed by atoms with Crippen LogP contribution in [0.3, 0.4) is 0 Å². The molecule has 1 rings (SSSR count). The van der Waals surface area contributed by atoms with Crippen LogP contribution in [0.4, 0.5) is 10.5 Å². The van der Waals surface area contributed by atoms with Gasteiger partial charge < -0.3 is 20.5 Å². The third-order valence-corrected chi connectivity index (χ3v) is 2.71. The molecule has 20 heavy (non-hydrogen) atoms. The van der Waals surface area contributed by atoms with E-state index in [1.165, 1.54) is 7.11 Å². The molecule has 3 N–H and O–H groups in total. The van der Waals surface area contributed by atoms with Crippen molar-refractivity contribution in [2.75, 3.05) is 19.0 Å². The number of anilines is 1. The molecule has 0 aliphatic carbocycles.